The lowest BCUT2D eigenvalue weighted by atomic mass is 9.38. The van der Waals surface area contributed by atoms with Crippen molar-refractivity contribution in [3.8, 4) is 0 Å². The number of para-hydroxylation sites is 1. The third kappa shape index (κ3) is 1.34. The van der Waals surface area contributed by atoms with E-state index in [0.717, 1.165) is 50.9 Å². The molecule has 2 N–H and O–H groups in total. The predicted octanol–water partition coefficient (Wildman–Crippen LogP) is 1.90. The maximum Gasteiger partial charge on any atom is 0.313 e. The Morgan fingerprint density at radius 1 is 1.23 bits per heavy atom. The Morgan fingerprint density at radius 3 is 2.92 bits per heavy atom. The van der Waals surface area contributed by atoms with Crippen molar-refractivity contribution in [2.24, 2.45) is 11.3 Å². The minimum absolute atomic E-state index is 0.0969. The zero-order valence-corrected chi connectivity index (χ0v) is 15.2. The van der Waals surface area contributed by atoms with Crippen LogP contribution in [0.2, 0.25) is 0 Å². The average molecular weight is 354 g/mol. The van der Waals surface area contributed by atoms with Gasteiger partial charge in [-0.25, -0.2) is 0 Å². The monoisotopic (exact) mass is 354 g/mol. The Balaban J connectivity index is 1.67. The average Bonchev–Trinajstić information content (AvgIpc) is 3.20. The number of aliphatic hydroxyl groups excluding tert-OH is 1. The number of esters is 1. The molecule has 0 amide bonds. The molecule has 1 aromatic rings. The predicted molar refractivity (Wildman–Crippen MR) is 96.9 cm³/mol. The normalized spacial score (nSPS) is 47.7. The number of rotatable bonds is 1. The standard InChI is InChI=1S/C21H26N2O3/c1-26-17(25)15-16(24)19-7-4-11-23-12-10-20(18(19)23)13-5-2-3-6-14(13)22-21(15,20)9-8-19/h2-3,5-6,15-16,18,22,24H,4,7-12H2,1H3. The number of methoxy groups -OCH3 is 1. The minimum atomic E-state index is -0.635. The van der Waals surface area contributed by atoms with Crippen LogP contribution in [-0.2, 0) is 14.9 Å². The second-order valence-corrected chi connectivity index (χ2v) is 9.08. The molecule has 0 aromatic heterocycles. The first-order valence-corrected chi connectivity index (χ1v) is 9.98. The fourth-order valence-electron chi connectivity index (χ4n) is 8.07. The van der Waals surface area contributed by atoms with Gasteiger partial charge in [-0.15, -0.1) is 0 Å². The number of carbonyl (C=O) groups excluding carboxylic acids is 1. The van der Waals surface area contributed by atoms with Gasteiger partial charge in [-0.05, 0) is 56.8 Å². The van der Waals surface area contributed by atoms with Crippen molar-refractivity contribution < 1.29 is 14.6 Å². The minimum Gasteiger partial charge on any atom is -0.469 e. The van der Waals surface area contributed by atoms with Gasteiger partial charge in [-0.3, -0.25) is 9.69 Å². The molecule has 5 nitrogen and oxygen atoms in total. The molecule has 6 aliphatic rings. The summed E-state index contributed by atoms with van der Waals surface area (Å²) in [5.74, 6) is -0.748. The van der Waals surface area contributed by atoms with Crippen LogP contribution in [0, 0.1) is 11.3 Å². The topological polar surface area (TPSA) is 61.8 Å². The van der Waals surface area contributed by atoms with Crippen molar-refractivity contribution in [1.29, 1.82) is 0 Å². The van der Waals surface area contributed by atoms with Crippen LogP contribution in [0.15, 0.2) is 24.3 Å². The molecule has 138 valence electrons. The van der Waals surface area contributed by atoms with Crippen molar-refractivity contribution >= 4 is 11.7 Å². The van der Waals surface area contributed by atoms with Gasteiger partial charge in [0.25, 0.3) is 0 Å². The first kappa shape index (κ1) is 15.5. The van der Waals surface area contributed by atoms with E-state index in [0.29, 0.717) is 6.04 Å². The number of benzene rings is 1. The van der Waals surface area contributed by atoms with Crippen LogP contribution < -0.4 is 5.32 Å². The van der Waals surface area contributed by atoms with Crippen molar-refractivity contribution in [2.75, 3.05) is 25.5 Å². The number of anilines is 1. The summed E-state index contributed by atoms with van der Waals surface area (Å²) in [5, 5.41) is 15.4. The first-order chi connectivity index (χ1) is 12.6. The zero-order valence-electron chi connectivity index (χ0n) is 15.2. The number of hydrogen-bond donors (Lipinski definition) is 2. The number of piperidine rings is 1. The number of hydrogen-bond acceptors (Lipinski definition) is 5. The fraction of sp³-hybridized carbons (Fsp3) is 0.667. The summed E-state index contributed by atoms with van der Waals surface area (Å²) < 4.78 is 5.24. The molecule has 3 spiro atoms. The summed E-state index contributed by atoms with van der Waals surface area (Å²) in [6.45, 7) is 2.17. The molecule has 6 unspecified atom stereocenters. The maximum atomic E-state index is 13.0. The molecule has 3 aliphatic heterocycles. The molecule has 0 radical (unpaired) electrons. The van der Waals surface area contributed by atoms with E-state index in [1.807, 2.05) is 0 Å². The third-order valence-corrected chi connectivity index (χ3v) is 8.69. The number of nitrogens with one attached hydrogen (secondary N) is 1. The molecule has 7 rings (SSSR count). The number of ether oxygens (including phenoxy) is 1. The Kier molecular flexibility index (Phi) is 2.75. The second kappa shape index (κ2) is 4.63. The smallest absolute Gasteiger partial charge is 0.313 e. The lowest BCUT2D eigenvalue weighted by Crippen LogP contribution is -2.81. The van der Waals surface area contributed by atoms with E-state index in [9.17, 15) is 9.90 Å². The zero-order chi connectivity index (χ0) is 17.7. The SMILES string of the molecule is COC(=O)C1C(O)C23CCCN4CCC5(c6ccccc6NC15CC2)C43. The first-order valence-electron chi connectivity index (χ1n) is 9.98. The number of carbonyl (C=O) groups is 1. The second-order valence-electron chi connectivity index (χ2n) is 9.08. The highest BCUT2D eigenvalue weighted by molar-refractivity contribution is 5.81. The van der Waals surface area contributed by atoms with Gasteiger partial charge in [0, 0.05) is 22.6 Å². The van der Waals surface area contributed by atoms with Gasteiger partial charge in [0.05, 0.1) is 18.8 Å². The molecule has 1 aromatic carbocycles. The number of aliphatic hydroxyl groups is 1. The Hall–Kier alpha value is -1.59. The van der Waals surface area contributed by atoms with Gasteiger partial charge in [0.15, 0.2) is 0 Å². The van der Waals surface area contributed by atoms with Gasteiger partial charge < -0.3 is 15.2 Å². The van der Waals surface area contributed by atoms with Gasteiger partial charge in [-0.2, -0.15) is 0 Å². The van der Waals surface area contributed by atoms with Crippen LogP contribution in [0.1, 0.15) is 37.7 Å². The highest BCUT2D eigenvalue weighted by Crippen LogP contribution is 2.74. The molecule has 5 heteroatoms. The summed E-state index contributed by atoms with van der Waals surface area (Å²) in [6.07, 6.45) is 4.48. The van der Waals surface area contributed by atoms with Gasteiger partial charge >= 0.3 is 5.97 Å². The molecule has 6 atom stereocenters. The van der Waals surface area contributed by atoms with E-state index in [-0.39, 0.29) is 16.8 Å². The maximum absolute atomic E-state index is 13.0. The summed E-state index contributed by atoms with van der Waals surface area (Å²) in [6, 6.07) is 8.91. The third-order valence-electron chi connectivity index (χ3n) is 8.69. The van der Waals surface area contributed by atoms with E-state index in [1.165, 1.54) is 12.7 Å². The largest absolute Gasteiger partial charge is 0.469 e. The summed E-state index contributed by atoms with van der Waals surface area (Å²) in [4.78, 5) is 15.6. The highest BCUT2D eigenvalue weighted by Gasteiger charge is 2.81. The van der Waals surface area contributed by atoms with Crippen LogP contribution in [0.3, 0.4) is 0 Å². The highest BCUT2D eigenvalue weighted by atomic mass is 16.5. The van der Waals surface area contributed by atoms with Crippen LogP contribution in [0.5, 0.6) is 0 Å². The Bertz CT molecular complexity index is 812. The lowest BCUT2D eigenvalue weighted by molar-refractivity contribution is -0.215. The van der Waals surface area contributed by atoms with Gasteiger partial charge in [0.1, 0.15) is 5.92 Å². The molecule has 3 heterocycles. The summed E-state index contributed by atoms with van der Waals surface area (Å²) in [5.41, 5.74) is 1.80. The Labute approximate surface area is 153 Å². The Morgan fingerprint density at radius 2 is 2.08 bits per heavy atom. The molecule has 5 fully saturated rings. The van der Waals surface area contributed by atoms with E-state index < -0.39 is 17.6 Å². The molecular weight excluding hydrogens is 328 g/mol. The van der Waals surface area contributed by atoms with Crippen LogP contribution in [0.4, 0.5) is 5.69 Å². The lowest BCUT2D eigenvalue weighted by Gasteiger charge is -2.70. The summed E-state index contributed by atoms with van der Waals surface area (Å²) >= 11 is 0. The fourth-order valence-corrected chi connectivity index (χ4v) is 8.07. The van der Waals surface area contributed by atoms with Crippen molar-refractivity contribution in [1.82, 2.24) is 4.90 Å². The molecule has 2 bridgehead atoms. The number of fused-ring (bicyclic) bond motifs is 3. The van der Waals surface area contributed by atoms with E-state index in [4.69, 9.17) is 4.74 Å². The van der Waals surface area contributed by atoms with Crippen molar-refractivity contribution in [3.63, 3.8) is 0 Å². The van der Waals surface area contributed by atoms with Crippen molar-refractivity contribution in [2.45, 2.75) is 55.2 Å². The molecule has 3 saturated carbocycles. The van der Waals surface area contributed by atoms with E-state index >= 15 is 0 Å². The van der Waals surface area contributed by atoms with E-state index in [1.54, 1.807) is 0 Å². The molecule has 2 saturated heterocycles. The molecule has 3 aliphatic carbocycles. The van der Waals surface area contributed by atoms with E-state index in [2.05, 4.69) is 34.5 Å². The van der Waals surface area contributed by atoms with Gasteiger partial charge in [-0.1, -0.05) is 18.2 Å². The van der Waals surface area contributed by atoms with Gasteiger partial charge in [0.2, 0.25) is 0 Å². The quantitative estimate of drug-likeness (QED) is 0.755. The molecular formula is C21H26N2O3. The molecule has 26 heavy (non-hydrogen) atoms. The van der Waals surface area contributed by atoms with Crippen LogP contribution in [0.25, 0.3) is 0 Å². The van der Waals surface area contributed by atoms with Crippen LogP contribution >= 0.6 is 0 Å². The number of nitrogens with zero attached hydrogens (tertiary/aromatic N) is 1. The van der Waals surface area contributed by atoms with Crippen molar-refractivity contribution in [3.05, 3.63) is 29.8 Å². The summed E-state index contributed by atoms with van der Waals surface area (Å²) in [7, 11) is 1.46. The van der Waals surface area contributed by atoms with Crippen LogP contribution in [-0.4, -0.2) is 53.9 Å².